The van der Waals surface area contributed by atoms with Crippen molar-refractivity contribution in [3.05, 3.63) is 69.2 Å². The smallest absolute Gasteiger partial charge is 0.310 e. The van der Waals surface area contributed by atoms with Crippen LogP contribution in [0.4, 0.5) is 0 Å². The number of hydrogen-bond acceptors (Lipinski definition) is 6. The predicted octanol–water partition coefficient (Wildman–Crippen LogP) is 3.71. The molecule has 0 aliphatic carbocycles. The Morgan fingerprint density at radius 1 is 1.18 bits per heavy atom. The molecule has 2 aromatic carbocycles. The second-order valence-corrected chi connectivity index (χ2v) is 9.04. The van der Waals surface area contributed by atoms with Gasteiger partial charge in [0.1, 0.15) is 0 Å². The third-order valence-electron chi connectivity index (χ3n) is 6.42. The summed E-state index contributed by atoms with van der Waals surface area (Å²) >= 11 is 5.86. The molecule has 0 spiro atoms. The van der Waals surface area contributed by atoms with Gasteiger partial charge in [0.05, 0.1) is 35.8 Å². The highest BCUT2D eigenvalue weighted by Gasteiger charge is 2.27. The number of aryl methyl sites for hydroxylation is 1. The number of fused-ring (bicyclic) bond motifs is 3. The molecule has 0 amide bonds. The highest BCUT2D eigenvalue weighted by molar-refractivity contribution is 7.71. The molecule has 0 bridgehead atoms. The van der Waals surface area contributed by atoms with Crippen molar-refractivity contribution in [1.82, 2.24) is 23.6 Å². The van der Waals surface area contributed by atoms with Crippen LogP contribution in [0.3, 0.4) is 0 Å². The highest BCUT2D eigenvalue weighted by Crippen LogP contribution is 2.22. The Balaban J connectivity index is 1.64. The third kappa shape index (κ3) is 3.84. The molecule has 176 valence electrons. The van der Waals surface area contributed by atoms with Gasteiger partial charge in [-0.2, -0.15) is 0 Å². The van der Waals surface area contributed by atoms with Crippen LogP contribution in [0.5, 0.6) is 0 Å². The molecule has 1 aliphatic rings. The molecule has 2 aromatic heterocycles. The first-order valence-electron chi connectivity index (χ1n) is 11.6. The van der Waals surface area contributed by atoms with E-state index in [-0.39, 0.29) is 17.4 Å². The highest BCUT2D eigenvalue weighted by atomic mass is 32.1. The third-order valence-corrected chi connectivity index (χ3v) is 6.81. The van der Waals surface area contributed by atoms with Gasteiger partial charge in [0, 0.05) is 6.54 Å². The molecule has 1 atom stereocenters. The second-order valence-electron chi connectivity index (χ2n) is 8.67. The van der Waals surface area contributed by atoms with Crippen molar-refractivity contribution in [2.45, 2.75) is 33.4 Å². The standard InChI is InChI=1S/C25H27N5O3S/c1-3-33-23(32)18-10-8-14-27(15-18)16-28-25(34)30-21-13-7-5-11-19(21)22(31)29(24(30)26-28)20-12-6-4-9-17(20)2/h4-7,9,11-13,18H,3,8,10,14-16H2,1-2H3. The number of carbonyl (C=O) groups excluding carboxylic acids is 1. The molecule has 1 unspecified atom stereocenters. The lowest BCUT2D eigenvalue weighted by Gasteiger charge is -2.30. The van der Waals surface area contributed by atoms with Crippen molar-refractivity contribution < 1.29 is 9.53 Å². The number of carbonyl (C=O) groups is 1. The van der Waals surface area contributed by atoms with Crippen LogP contribution in [-0.2, 0) is 16.2 Å². The quantitative estimate of drug-likeness (QED) is 0.322. The van der Waals surface area contributed by atoms with Crippen molar-refractivity contribution >= 4 is 34.9 Å². The summed E-state index contributed by atoms with van der Waals surface area (Å²) in [7, 11) is 0. The zero-order valence-electron chi connectivity index (χ0n) is 19.3. The van der Waals surface area contributed by atoms with E-state index in [4.69, 9.17) is 22.1 Å². The van der Waals surface area contributed by atoms with Crippen molar-refractivity contribution in [3.8, 4) is 5.69 Å². The Hall–Kier alpha value is -3.30. The maximum absolute atomic E-state index is 13.6. The molecule has 1 saturated heterocycles. The number of hydrogen-bond donors (Lipinski definition) is 0. The number of rotatable bonds is 5. The maximum Gasteiger partial charge on any atom is 0.310 e. The fourth-order valence-corrected chi connectivity index (χ4v) is 5.04. The van der Waals surface area contributed by atoms with E-state index < -0.39 is 0 Å². The lowest BCUT2D eigenvalue weighted by atomic mass is 9.99. The molecule has 9 heteroatoms. The lowest BCUT2D eigenvalue weighted by Crippen LogP contribution is -2.40. The molecule has 8 nitrogen and oxygen atoms in total. The lowest BCUT2D eigenvalue weighted by molar-refractivity contribution is -0.150. The van der Waals surface area contributed by atoms with Crippen LogP contribution in [0, 0.1) is 17.6 Å². The van der Waals surface area contributed by atoms with E-state index in [0.717, 1.165) is 36.2 Å². The van der Waals surface area contributed by atoms with Crippen molar-refractivity contribution in [1.29, 1.82) is 0 Å². The Morgan fingerprint density at radius 2 is 1.94 bits per heavy atom. The summed E-state index contributed by atoms with van der Waals surface area (Å²) in [5.41, 5.74) is 2.34. The number of benzene rings is 2. The molecular formula is C25H27N5O3S. The molecule has 0 radical (unpaired) electrons. The van der Waals surface area contributed by atoms with E-state index >= 15 is 0 Å². The molecule has 3 heterocycles. The summed E-state index contributed by atoms with van der Waals surface area (Å²) in [6.07, 6.45) is 1.73. The van der Waals surface area contributed by atoms with Crippen molar-refractivity contribution in [3.63, 3.8) is 0 Å². The number of likely N-dealkylation sites (tertiary alicyclic amines) is 1. The average molecular weight is 478 g/mol. The predicted molar refractivity (Wildman–Crippen MR) is 133 cm³/mol. The normalized spacial score (nSPS) is 16.8. The van der Waals surface area contributed by atoms with Crippen LogP contribution < -0.4 is 5.56 Å². The topological polar surface area (TPSA) is 73.8 Å². The Kier molecular flexibility index (Phi) is 6.05. The Bertz CT molecular complexity index is 1500. The van der Waals surface area contributed by atoms with Crippen LogP contribution in [0.25, 0.3) is 22.4 Å². The van der Waals surface area contributed by atoms with Crippen LogP contribution in [0.1, 0.15) is 25.3 Å². The number of ether oxygens (including phenoxy) is 1. The maximum atomic E-state index is 13.6. The molecule has 0 N–H and O–H groups in total. The largest absolute Gasteiger partial charge is 0.466 e. The van der Waals surface area contributed by atoms with Gasteiger partial charge in [-0.25, -0.2) is 9.25 Å². The summed E-state index contributed by atoms with van der Waals surface area (Å²) in [6, 6.07) is 15.2. The van der Waals surface area contributed by atoms with Gasteiger partial charge in [-0.3, -0.25) is 18.9 Å². The molecule has 1 aliphatic heterocycles. The summed E-state index contributed by atoms with van der Waals surface area (Å²) < 4.78 is 11.0. The van der Waals surface area contributed by atoms with Crippen LogP contribution in [0.2, 0.25) is 0 Å². The van der Waals surface area contributed by atoms with E-state index in [0.29, 0.717) is 35.8 Å². The number of nitrogens with zero attached hydrogens (tertiary/aromatic N) is 5. The summed E-state index contributed by atoms with van der Waals surface area (Å²) in [6.45, 7) is 6.06. The first kappa shape index (κ1) is 22.5. The zero-order chi connectivity index (χ0) is 23.8. The monoisotopic (exact) mass is 477 g/mol. The van der Waals surface area contributed by atoms with Gasteiger partial charge in [0.2, 0.25) is 10.5 Å². The van der Waals surface area contributed by atoms with E-state index in [1.807, 2.05) is 66.8 Å². The van der Waals surface area contributed by atoms with Gasteiger partial charge < -0.3 is 4.74 Å². The fourth-order valence-electron chi connectivity index (χ4n) is 4.76. The van der Waals surface area contributed by atoms with Gasteiger partial charge in [-0.1, -0.05) is 30.3 Å². The zero-order valence-corrected chi connectivity index (χ0v) is 20.1. The summed E-state index contributed by atoms with van der Waals surface area (Å²) in [5.74, 6) is 0.179. The minimum absolute atomic E-state index is 0.134. The molecule has 4 aromatic rings. The van der Waals surface area contributed by atoms with Crippen molar-refractivity contribution in [2.24, 2.45) is 5.92 Å². The molecule has 1 fully saturated rings. The summed E-state index contributed by atoms with van der Waals surface area (Å²) in [4.78, 5) is 28.0. The Labute approximate surface area is 202 Å². The van der Waals surface area contributed by atoms with Crippen LogP contribution >= 0.6 is 12.2 Å². The van der Waals surface area contributed by atoms with Crippen LogP contribution in [-0.4, -0.2) is 49.3 Å². The van der Waals surface area contributed by atoms with Gasteiger partial charge >= 0.3 is 5.97 Å². The van der Waals surface area contributed by atoms with Gasteiger partial charge in [0.15, 0.2) is 0 Å². The first-order valence-corrected chi connectivity index (χ1v) is 12.0. The van der Waals surface area contributed by atoms with E-state index in [9.17, 15) is 9.59 Å². The number of para-hydroxylation sites is 2. The fraction of sp³-hybridized carbons (Fsp3) is 0.360. The number of esters is 1. The first-order chi connectivity index (χ1) is 16.5. The molecule has 0 saturated carbocycles. The van der Waals surface area contributed by atoms with Gasteiger partial charge in [0.25, 0.3) is 5.56 Å². The van der Waals surface area contributed by atoms with Crippen molar-refractivity contribution in [2.75, 3.05) is 19.7 Å². The van der Waals surface area contributed by atoms with E-state index in [1.165, 1.54) is 0 Å². The number of piperidine rings is 1. The SMILES string of the molecule is CCOC(=O)C1CCCN(Cn2nc3n(-c4ccccc4C)c(=O)c4ccccc4n3c2=S)C1. The molecule has 5 rings (SSSR count). The Morgan fingerprint density at radius 3 is 2.74 bits per heavy atom. The van der Waals surface area contributed by atoms with Crippen LogP contribution in [0.15, 0.2) is 53.3 Å². The average Bonchev–Trinajstić information content (AvgIpc) is 3.16. The van der Waals surface area contributed by atoms with Gasteiger partial charge in [-0.05, 0) is 69.2 Å². The van der Waals surface area contributed by atoms with Gasteiger partial charge in [-0.15, -0.1) is 5.10 Å². The minimum atomic E-state index is -0.148. The van der Waals surface area contributed by atoms with E-state index in [1.54, 1.807) is 9.25 Å². The minimum Gasteiger partial charge on any atom is -0.466 e. The van der Waals surface area contributed by atoms with E-state index in [2.05, 4.69) is 4.90 Å². The molecular weight excluding hydrogens is 450 g/mol. The summed E-state index contributed by atoms with van der Waals surface area (Å²) in [5, 5.41) is 5.40. The second kappa shape index (κ2) is 9.15. The molecule has 34 heavy (non-hydrogen) atoms. The number of aromatic nitrogens is 4.